The van der Waals surface area contributed by atoms with E-state index in [2.05, 4.69) is 30.5 Å². The lowest BCUT2D eigenvalue weighted by atomic mass is 10.1. The number of azo groups is 1. The average Bonchev–Trinajstić information content (AvgIpc) is 2.80. The Morgan fingerprint density at radius 2 is 1.35 bits per heavy atom. The van der Waals surface area contributed by atoms with Crippen molar-refractivity contribution in [3.8, 4) is 5.75 Å². The first-order chi connectivity index (χ1) is 18.4. The molecule has 210 valence electrons. The summed E-state index contributed by atoms with van der Waals surface area (Å²) in [4.78, 5) is 8.27. The van der Waals surface area contributed by atoms with Crippen molar-refractivity contribution >= 4 is 87.3 Å². The standard InChI is InChI=1S/C19H12Cl2N6O10S3/c20-17-23-18(21)25-19(24-17)22-9-1-3-11-8(5-9)6-14(40(35,36)37)15(16(11)28)27-26-12-4-2-10(38(29,30)31)7-13(12)39(32,33)34/h1-7,28H,(H,29,30,31)(H,32,33,34)(H,35,36,37)(H,22,23,24,25). The smallest absolute Gasteiger partial charge is 0.296 e. The van der Waals surface area contributed by atoms with Crippen LogP contribution in [0.25, 0.3) is 10.8 Å². The average molecular weight is 651 g/mol. The highest BCUT2D eigenvalue weighted by molar-refractivity contribution is 7.87. The molecule has 0 amide bonds. The van der Waals surface area contributed by atoms with Crippen LogP contribution in [0.2, 0.25) is 10.6 Å². The molecule has 0 aliphatic carbocycles. The van der Waals surface area contributed by atoms with Crippen molar-refractivity contribution in [2.45, 2.75) is 14.7 Å². The Morgan fingerprint density at radius 1 is 0.725 bits per heavy atom. The highest BCUT2D eigenvalue weighted by Gasteiger charge is 2.24. The summed E-state index contributed by atoms with van der Waals surface area (Å²) in [5.41, 5.74) is -1.27. The number of hydrogen-bond donors (Lipinski definition) is 5. The van der Waals surface area contributed by atoms with Crippen molar-refractivity contribution in [1.82, 2.24) is 15.0 Å². The number of nitrogens with one attached hydrogen (secondary N) is 1. The van der Waals surface area contributed by atoms with Gasteiger partial charge in [-0.15, -0.1) is 10.2 Å². The molecule has 0 atom stereocenters. The largest absolute Gasteiger partial charge is 0.505 e. The Balaban J connectivity index is 1.86. The lowest BCUT2D eigenvalue weighted by Gasteiger charge is -2.11. The third-order valence-electron chi connectivity index (χ3n) is 4.93. The van der Waals surface area contributed by atoms with E-state index in [0.29, 0.717) is 6.07 Å². The number of aromatic nitrogens is 3. The van der Waals surface area contributed by atoms with Gasteiger partial charge in [-0.05, 0) is 71.1 Å². The molecule has 40 heavy (non-hydrogen) atoms. The van der Waals surface area contributed by atoms with Gasteiger partial charge in [-0.25, -0.2) is 0 Å². The van der Waals surface area contributed by atoms with E-state index in [4.69, 9.17) is 27.8 Å². The number of phenols is 1. The molecule has 0 saturated carbocycles. The molecule has 0 spiro atoms. The first kappa shape index (κ1) is 29.4. The van der Waals surface area contributed by atoms with Crippen molar-refractivity contribution in [3.63, 3.8) is 0 Å². The van der Waals surface area contributed by atoms with Crippen LogP contribution in [0.5, 0.6) is 5.75 Å². The number of aromatic hydroxyl groups is 1. The van der Waals surface area contributed by atoms with Crippen LogP contribution in [0, 0.1) is 0 Å². The minimum Gasteiger partial charge on any atom is -0.505 e. The summed E-state index contributed by atoms with van der Waals surface area (Å²) in [6.07, 6.45) is 0. The summed E-state index contributed by atoms with van der Waals surface area (Å²) in [5.74, 6) is -0.877. The number of benzene rings is 3. The van der Waals surface area contributed by atoms with E-state index < -0.39 is 62.2 Å². The fourth-order valence-electron chi connectivity index (χ4n) is 3.28. The zero-order valence-electron chi connectivity index (χ0n) is 19.0. The van der Waals surface area contributed by atoms with Crippen LogP contribution in [-0.2, 0) is 30.4 Å². The second kappa shape index (κ2) is 10.4. The summed E-state index contributed by atoms with van der Waals surface area (Å²) >= 11 is 11.5. The Hall–Kier alpha value is -3.56. The lowest BCUT2D eigenvalue weighted by molar-refractivity contribution is 0.471. The quantitative estimate of drug-likeness (QED) is 0.140. The van der Waals surface area contributed by atoms with Crippen molar-refractivity contribution in [3.05, 3.63) is 53.0 Å². The fraction of sp³-hybridized carbons (Fsp3) is 0. The maximum Gasteiger partial charge on any atom is 0.296 e. The normalized spacial score (nSPS) is 12.7. The first-order valence-electron chi connectivity index (χ1n) is 10.1. The molecule has 21 heteroatoms. The molecule has 4 aromatic rings. The van der Waals surface area contributed by atoms with Gasteiger partial charge in [0.1, 0.15) is 21.2 Å². The lowest BCUT2D eigenvalue weighted by Crippen LogP contribution is -2.03. The zero-order valence-corrected chi connectivity index (χ0v) is 23.0. The van der Waals surface area contributed by atoms with E-state index >= 15 is 0 Å². The number of phenolic OH excluding ortho intramolecular Hbond substituents is 1. The topological polar surface area (TPSA) is 259 Å². The van der Waals surface area contributed by atoms with E-state index in [9.17, 15) is 39.5 Å². The number of rotatable bonds is 7. The Kier molecular flexibility index (Phi) is 7.68. The molecular weight excluding hydrogens is 639 g/mol. The van der Waals surface area contributed by atoms with Crippen LogP contribution >= 0.6 is 23.2 Å². The fourth-order valence-corrected chi connectivity index (χ4v) is 5.53. The van der Waals surface area contributed by atoms with E-state index in [1.54, 1.807) is 0 Å². The van der Waals surface area contributed by atoms with Gasteiger partial charge >= 0.3 is 0 Å². The molecule has 0 fully saturated rings. The SMILES string of the molecule is O=S(=O)(O)c1ccc(N=Nc2c(S(=O)(=O)O)cc3cc(Nc4nc(Cl)nc(Cl)n4)ccc3c2O)c(S(=O)(=O)O)c1. The zero-order chi connectivity index (χ0) is 29.6. The van der Waals surface area contributed by atoms with Gasteiger partial charge in [0.25, 0.3) is 30.4 Å². The van der Waals surface area contributed by atoms with Gasteiger partial charge in [0.15, 0.2) is 5.75 Å². The van der Waals surface area contributed by atoms with E-state index in [0.717, 1.165) is 18.2 Å². The van der Waals surface area contributed by atoms with Gasteiger partial charge in [-0.3, -0.25) is 13.7 Å². The summed E-state index contributed by atoms with van der Waals surface area (Å²) in [6, 6.07) is 6.82. The van der Waals surface area contributed by atoms with E-state index in [1.807, 2.05) is 0 Å². The number of halogens is 2. The third-order valence-corrected chi connectivity index (χ3v) is 7.87. The summed E-state index contributed by atoms with van der Waals surface area (Å²) < 4.78 is 98.9. The molecular formula is C19H12Cl2N6O10S3. The van der Waals surface area contributed by atoms with Gasteiger partial charge in [0.2, 0.25) is 16.5 Å². The molecule has 0 unspecified atom stereocenters. The van der Waals surface area contributed by atoms with E-state index in [1.165, 1.54) is 18.2 Å². The molecule has 16 nitrogen and oxygen atoms in total. The summed E-state index contributed by atoms with van der Waals surface area (Å²) in [7, 11) is -15.1. The molecule has 1 heterocycles. The summed E-state index contributed by atoms with van der Waals surface area (Å²) in [6.45, 7) is 0. The van der Waals surface area contributed by atoms with Crippen LogP contribution in [0.15, 0.2) is 67.4 Å². The van der Waals surface area contributed by atoms with E-state index in [-0.39, 0.29) is 33.0 Å². The Bertz CT molecular complexity index is 2040. The van der Waals surface area contributed by atoms with Gasteiger partial charge in [-0.2, -0.15) is 40.2 Å². The second-order valence-electron chi connectivity index (χ2n) is 7.58. The number of hydrogen-bond acceptors (Lipinski definition) is 13. The third kappa shape index (κ3) is 6.42. The number of fused-ring (bicyclic) bond motifs is 1. The predicted octanol–water partition coefficient (Wildman–Crippen LogP) is 3.94. The van der Waals surface area contributed by atoms with Gasteiger partial charge < -0.3 is 10.4 Å². The number of anilines is 2. The second-order valence-corrected chi connectivity index (χ2v) is 12.5. The molecule has 0 radical (unpaired) electrons. The Morgan fingerprint density at radius 3 is 1.93 bits per heavy atom. The van der Waals surface area contributed by atoms with Crippen LogP contribution < -0.4 is 5.32 Å². The molecule has 1 aromatic heterocycles. The molecule has 0 aliphatic rings. The molecule has 0 aliphatic heterocycles. The van der Waals surface area contributed by atoms with Gasteiger partial charge in [-0.1, -0.05) is 0 Å². The van der Waals surface area contributed by atoms with Crippen molar-refractivity contribution < 1.29 is 44.0 Å². The van der Waals surface area contributed by atoms with Gasteiger partial charge in [0, 0.05) is 11.1 Å². The molecule has 0 saturated heterocycles. The maximum atomic E-state index is 12.1. The molecule has 0 bridgehead atoms. The van der Waals surface area contributed by atoms with Gasteiger partial charge in [0.05, 0.1) is 4.90 Å². The summed E-state index contributed by atoms with van der Waals surface area (Å²) in [5, 5.41) is 20.2. The van der Waals surface area contributed by atoms with Crippen LogP contribution in [0.1, 0.15) is 0 Å². The van der Waals surface area contributed by atoms with Crippen LogP contribution in [0.3, 0.4) is 0 Å². The minimum atomic E-state index is -5.14. The number of nitrogens with zero attached hydrogens (tertiary/aromatic N) is 5. The highest BCUT2D eigenvalue weighted by atomic mass is 35.5. The van der Waals surface area contributed by atoms with Crippen LogP contribution in [-0.4, -0.2) is 59.0 Å². The molecule has 4 rings (SSSR count). The predicted molar refractivity (Wildman–Crippen MR) is 139 cm³/mol. The monoisotopic (exact) mass is 650 g/mol. The molecule has 5 N–H and O–H groups in total. The van der Waals surface area contributed by atoms with Crippen molar-refractivity contribution in [2.75, 3.05) is 5.32 Å². The minimum absolute atomic E-state index is 0.00432. The first-order valence-corrected chi connectivity index (χ1v) is 15.1. The maximum absolute atomic E-state index is 12.1. The Labute approximate surface area is 234 Å². The van der Waals surface area contributed by atoms with Crippen molar-refractivity contribution in [2.24, 2.45) is 10.2 Å². The highest BCUT2D eigenvalue weighted by Crippen LogP contribution is 2.42. The molecule has 3 aromatic carbocycles. The van der Waals surface area contributed by atoms with Crippen LogP contribution in [0.4, 0.5) is 23.0 Å². The van der Waals surface area contributed by atoms with Crippen molar-refractivity contribution in [1.29, 1.82) is 0 Å².